The highest BCUT2D eigenvalue weighted by atomic mass is 14.0. The highest BCUT2D eigenvalue weighted by Crippen LogP contribution is 2.12. The lowest BCUT2D eigenvalue weighted by Crippen LogP contribution is -1.89. The lowest BCUT2D eigenvalue weighted by Gasteiger charge is -2.04. The van der Waals surface area contributed by atoms with Crippen molar-refractivity contribution >= 4 is 0 Å². The third-order valence-electron chi connectivity index (χ3n) is 2.67. The predicted octanol–water partition coefficient (Wildman–Crippen LogP) is 5.10. The van der Waals surface area contributed by atoms with Crippen LogP contribution in [0.4, 0.5) is 0 Å². The molecule has 0 radical (unpaired) electrons. The van der Waals surface area contributed by atoms with Crippen LogP contribution in [0.15, 0.2) is 18.4 Å². The summed E-state index contributed by atoms with van der Waals surface area (Å²) in [6, 6.07) is 0. The quantitative estimate of drug-likeness (QED) is 0.353. The van der Waals surface area contributed by atoms with Crippen molar-refractivity contribution in [3.05, 3.63) is 18.4 Å². The number of hydrogen-bond acceptors (Lipinski definition) is 0. The standard InChI is InChI=1S/C14H26/c1-4-6-7-8-9-10-11-13-14(3)12-5-2/h12,14H,2,4,6-11,13H2,1,3H3. The summed E-state index contributed by atoms with van der Waals surface area (Å²) >= 11 is 0. The van der Waals surface area contributed by atoms with Gasteiger partial charge in [-0.25, -0.2) is 0 Å². The molecular weight excluding hydrogens is 168 g/mol. The van der Waals surface area contributed by atoms with E-state index in [1.165, 1.54) is 51.4 Å². The van der Waals surface area contributed by atoms with Crippen molar-refractivity contribution in [2.24, 2.45) is 5.92 Å². The van der Waals surface area contributed by atoms with Gasteiger partial charge >= 0.3 is 0 Å². The minimum Gasteiger partial charge on any atom is -0.133 e. The Hall–Kier alpha value is -0.480. The number of allylic oxidation sites excluding steroid dienone is 1. The van der Waals surface area contributed by atoms with Crippen molar-refractivity contribution in [3.63, 3.8) is 0 Å². The van der Waals surface area contributed by atoms with Gasteiger partial charge in [-0.2, -0.15) is 0 Å². The van der Waals surface area contributed by atoms with Crippen molar-refractivity contribution in [1.29, 1.82) is 0 Å². The van der Waals surface area contributed by atoms with Gasteiger partial charge in [-0.1, -0.05) is 65.4 Å². The van der Waals surface area contributed by atoms with E-state index in [0.29, 0.717) is 5.92 Å². The molecule has 0 saturated carbocycles. The highest BCUT2D eigenvalue weighted by Gasteiger charge is 1.96. The predicted molar refractivity (Wildman–Crippen MR) is 65.5 cm³/mol. The normalized spacial score (nSPS) is 12.1. The van der Waals surface area contributed by atoms with Gasteiger partial charge in [0, 0.05) is 0 Å². The van der Waals surface area contributed by atoms with Gasteiger partial charge in [0.2, 0.25) is 0 Å². The van der Waals surface area contributed by atoms with Crippen LogP contribution in [-0.4, -0.2) is 0 Å². The van der Waals surface area contributed by atoms with Gasteiger partial charge in [-0.3, -0.25) is 0 Å². The third kappa shape index (κ3) is 9.61. The maximum Gasteiger partial charge on any atom is -0.0186 e. The topological polar surface area (TPSA) is 0 Å². The minimum atomic E-state index is 0.670. The molecule has 0 rings (SSSR count). The van der Waals surface area contributed by atoms with Gasteiger partial charge in [0.1, 0.15) is 0 Å². The molecule has 1 unspecified atom stereocenters. The first kappa shape index (κ1) is 13.5. The Labute approximate surface area is 90.1 Å². The van der Waals surface area contributed by atoms with Crippen LogP contribution in [0.5, 0.6) is 0 Å². The van der Waals surface area contributed by atoms with E-state index in [9.17, 15) is 0 Å². The largest absolute Gasteiger partial charge is 0.133 e. The molecule has 0 N–H and O–H groups in total. The lowest BCUT2D eigenvalue weighted by atomic mass is 10.0. The van der Waals surface area contributed by atoms with E-state index in [1.807, 2.05) is 0 Å². The summed E-state index contributed by atoms with van der Waals surface area (Å²) in [5.41, 5.74) is 2.86. The lowest BCUT2D eigenvalue weighted by molar-refractivity contribution is 0.537. The van der Waals surface area contributed by atoms with E-state index in [0.717, 1.165) is 0 Å². The maximum atomic E-state index is 3.60. The van der Waals surface area contributed by atoms with Crippen LogP contribution in [-0.2, 0) is 0 Å². The molecule has 82 valence electrons. The first-order valence-corrected chi connectivity index (χ1v) is 6.17. The molecular formula is C14H26. The van der Waals surface area contributed by atoms with Gasteiger partial charge in [0.15, 0.2) is 0 Å². The molecule has 0 nitrogen and oxygen atoms in total. The van der Waals surface area contributed by atoms with Crippen LogP contribution in [0.3, 0.4) is 0 Å². The van der Waals surface area contributed by atoms with Crippen molar-refractivity contribution in [3.8, 4) is 0 Å². The van der Waals surface area contributed by atoms with Gasteiger partial charge in [0.25, 0.3) is 0 Å². The first-order valence-electron chi connectivity index (χ1n) is 6.17. The summed E-state index contributed by atoms with van der Waals surface area (Å²) in [5, 5.41) is 0. The molecule has 0 heteroatoms. The molecule has 0 amide bonds. The number of unbranched alkanes of at least 4 members (excludes halogenated alkanes) is 6. The zero-order valence-corrected chi connectivity index (χ0v) is 10.0. The first-order chi connectivity index (χ1) is 6.81. The smallest absolute Gasteiger partial charge is 0.0186 e. The average molecular weight is 194 g/mol. The zero-order chi connectivity index (χ0) is 10.6. The van der Waals surface area contributed by atoms with Crippen molar-refractivity contribution in [2.45, 2.75) is 65.2 Å². The Morgan fingerprint density at radius 1 is 1.07 bits per heavy atom. The van der Waals surface area contributed by atoms with Crippen LogP contribution >= 0.6 is 0 Å². The van der Waals surface area contributed by atoms with E-state index in [2.05, 4.69) is 32.2 Å². The molecule has 0 aliphatic rings. The fraction of sp³-hybridized carbons (Fsp3) is 0.786. The van der Waals surface area contributed by atoms with Crippen molar-refractivity contribution in [2.75, 3.05) is 0 Å². The Kier molecular flexibility index (Phi) is 10.2. The molecule has 0 saturated heterocycles. The summed E-state index contributed by atoms with van der Waals surface area (Å²) in [5.74, 6) is 0.670. The van der Waals surface area contributed by atoms with Crippen LogP contribution in [0, 0.1) is 5.92 Å². The van der Waals surface area contributed by atoms with E-state index in [4.69, 9.17) is 0 Å². The molecule has 0 aromatic carbocycles. The molecule has 14 heavy (non-hydrogen) atoms. The van der Waals surface area contributed by atoms with Gasteiger partial charge in [0.05, 0.1) is 0 Å². The van der Waals surface area contributed by atoms with Crippen LogP contribution < -0.4 is 0 Å². The number of rotatable bonds is 9. The Bertz CT molecular complexity index is 151. The zero-order valence-electron chi connectivity index (χ0n) is 10.0. The van der Waals surface area contributed by atoms with Crippen molar-refractivity contribution in [1.82, 2.24) is 0 Å². The molecule has 0 aliphatic heterocycles. The molecule has 0 aliphatic carbocycles. The maximum absolute atomic E-state index is 3.60. The molecule has 1 atom stereocenters. The van der Waals surface area contributed by atoms with Gasteiger partial charge in [-0.15, -0.1) is 5.73 Å². The summed E-state index contributed by atoms with van der Waals surface area (Å²) in [6.45, 7) is 8.11. The average Bonchev–Trinajstić information content (AvgIpc) is 2.17. The van der Waals surface area contributed by atoms with E-state index in [1.54, 1.807) is 0 Å². The fourth-order valence-corrected chi connectivity index (χ4v) is 1.71. The third-order valence-corrected chi connectivity index (χ3v) is 2.67. The second-order valence-corrected chi connectivity index (χ2v) is 4.26. The molecule has 0 aromatic rings. The second kappa shape index (κ2) is 10.6. The summed E-state index contributed by atoms with van der Waals surface area (Å²) in [6.07, 6.45) is 13.2. The molecule has 0 spiro atoms. The van der Waals surface area contributed by atoms with Crippen molar-refractivity contribution < 1.29 is 0 Å². The Balaban J connectivity index is 3.09. The van der Waals surface area contributed by atoms with Gasteiger partial charge < -0.3 is 0 Å². The monoisotopic (exact) mass is 194 g/mol. The van der Waals surface area contributed by atoms with Crippen LogP contribution in [0.2, 0.25) is 0 Å². The van der Waals surface area contributed by atoms with E-state index < -0.39 is 0 Å². The molecule has 0 fully saturated rings. The molecule has 0 heterocycles. The second-order valence-electron chi connectivity index (χ2n) is 4.26. The summed E-state index contributed by atoms with van der Waals surface area (Å²) in [4.78, 5) is 0. The van der Waals surface area contributed by atoms with E-state index >= 15 is 0 Å². The fourth-order valence-electron chi connectivity index (χ4n) is 1.71. The molecule has 0 aromatic heterocycles. The minimum absolute atomic E-state index is 0.670. The number of hydrogen-bond donors (Lipinski definition) is 0. The van der Waals surface area contributed by atoms with Crippen LogP contribution in [0.25, 0.3) is 0 Å². The Morgan fingerprint density at radius 2 is 1.64 bits per heavy atom. The van der Waals surface area contributed by atoms with Crippen LogP contribution in [0.1, 0.15) is 65.2 Å². The molecule has 0 bridgehead atoms. The Morgan fingerprint density at radius 3 is 2.21 bits per heavy atom. The summed E-state index contributed by atoms with van der Waals surface area (Å²) in [7, 11) is 0. The highest BCUT2D eigenvalue weighted by molar-refractivity contribution is 4.81. The van der Waals surface area contributed by atoms with E-state index in [-0.39, 0.29) is 0 Å². The summed E-state index contributed by atoms with van der Waals surface area (Å²) < 4.78 is 0. The van der Waals surface area contributed by atoms with Gasteiger partial charge in [-0.05, 0) is 18.4 Å². The SMILES string of the molecule is C=C=CC(C)CCCCCCCCC.